The molecule has 0 aliphatic carbocycles. The molecule has 0 fully saturated rings. The van der Waals surface area contributed by atoms with Crippen LogP contribution in [0.4, 0.5) is 10.6 Å². The van der Waals surface area contributed by atoms with E-state index in [0.717, 1.165) is 23.3 Å². The number of hydrogen-bond donors (Lipinski definition) is 2. The third kappa shape index (κ3) is 6.44. The Hall–Kier alpha value is -3.62. The minimum Gasteiger partial charge on any atom is -0.450 e. The predicted octanol–water partition coefficient (Wildman–Crippen LogP) is 3.67. The molecule has 0 bridgehead atoms. The number of rotatable bonds is 10. The van der Waals surface area contributed by atoms with E-state index in [2.05, 4.69) is 34.6 Å². The van der Waals surface area contributed by atoms with Gasteiger partial charge in [-0.15, -0.1) is 5.10 Å². The second-order valence-electron chi connectivity index (χ2n) is 8.20. The summed E-state index contributed by atoms with van der Waals surface area (Å²) >= 11 is 0. The van der Waals surface area contributed by atoms with E-state index in [9.17, 15) is 9.59 Å². The summed E-state index contributed by atoms with van der Waals surface area (Å²) in [6.45, 7) is 8.07. The molecule has 0 aliphatic rings. The van der Waals surface area contributed by atoms with Crippen LogP contribution in [0.2, 0.25) is 0 Å². The fourth-order valence-electron chi connectivity index (χ4n) is 3.21. The molecule has 0 unspecified atom stereocenters. The number of carbonyl (C=O) groups is 2. The Bertz CT molecular complexity index is 1080. The summed E-state index contributed by atoms with van der Waals surface area (Å²) in [5, 5.41) is 10.8. The second kappa shape index (κ2) is 11.3. The standard InChI is InChI=1S/C24H32N6O3/c1-5-33-24(32)29(4)15-14-25-21-10-11-22-27-16-20(30(22)28-21)18-6-8-19(9-7-18)23(31)26-13-12-17(2)3/h6-11,16-17H,5,12-15H2,1-4H3,(H,25,28)(H,26,31). The summed E-state index contributed by atoms with van der Waals surface area (Å²) in [6.07, 6.45) is 2.36. The van der Waals surface area contributed by atoms with Crippen LogP contribution in [0.3, 0.4) is 0 Å². The van der Waals surface area contributed by atoms with Crippen LogP contribution in [0.25, 0.3) is 16.9 Å². The molecule has 2 N–H and O–H groups in total. The van der Waals surface area contributed by atoms with Gasteiger partial charge in [0.15, 0.2) is 5.65 Å². The smallest absolute Gasteiger partial charge is 0.409 e. The van der Waals surface area contributed by atoms with Crippen LogP contribution in [0.15, 0.2) is 42.6 Å². The van der Waals surface area contributed by atoms with Crippen LogP contribution < -0.4 is 10.6 Å². The van der Waals surface area contributed by atoms with Crippen LogP contribution in [0, 0.1) is 5.92 Å². The molecule has 176 valence electrons. The van der Waals surface area contributed by atoms with Crippen LogP contribution >= 0.6 is 0 Å². The number of ether oxygens (including phenoxy) is 1. The van der Waals surface area contributed by atoms with Crippen molar-refractivity contribution in [2.75, 3.05) is 38.6 Å². The second-order valence-corrected chi connectivity index (χ2v) is 8.20. The first-order valence-corrected chi connectivity index (χ1v) is 11.2. The molecule has 0 radical (unpaired) electrons. The van der Waals surface area contributed by atoms with Gasteiger partial charge < -0.3 is 20.3 Å². The SMILES string of the molecule is CCOC(=O)N(C)CCNc1ccc2ncc(-c3ccc(C(=O)NCCC(C)C)cc3)n2n1. The Labute approximate surface area is 194 Å². The molecule has 0 spiro atoms. The summed E-state index contributed by atoms with van der Waals surface area (Å²) in [4.78, 5) is 30.0. The first-order chi connectivity index (χ1) is 15.9. The quantitative estimate of drug-likeness (QED) is 0.487. The summed E-state index contributed by atoms with van der Waals surface area (Å²) < 4.78 is 6.74. The molecular weight excluding hydrogens is 420 g/mol. The number of imidazole rings is 1. The third-order valence-corrected chi connectivity index (χ3v) is 5.15. The van der Waals surface area contributed by atoms with E-state index in [4.69, 9.17) is 4.74 Å². The van der Waals surface area contributed by atoms with Crippen molar-refractivity contribution < 1.29 is 14.3 Å². The molecule has 1 aromatic carbocycles. The molecular formula is C24H32N6O3. The number of nitrogens with zero attached hydrogens (tertiary/aromatic N) is 4. The maximum absolute atomic E-state index is 12.3. The summed E-state index contributed by atoms with van der Waals surface area (Å²) in [5.41, 5.74) is 3.07. The van der Waals surface area contributed by atoms with Gasteiger partial charge in [-0.3, -0.25) is 4.79 Å². The maximum Gasteiger partial charge on any atom is 0.409 e. The fraction of sp³-hybridized carbons (Fsp3) is 0.417. The zero-order valence-electron chi connectivity index (χ0n) is 19.7. The van der Waals surface area contributed by atoms with Gasteiger partial charge in [0.05, 0.1) is 18.5 Å². The summed E-state index contributed by atoms with van der Waals surface area (Å²) in [7, 11) is 1.69. The lowest BCUT2D eigenvalue weighted by molar-refractivity contribution is 0.0951. The van der Waals surface area contributed by atoms with E-state index in [-0.39, 0.29) is 12.0 Å². The van der Waals surface area contributed by atoms with Gasteiger partial charge in [0.2, 0.25) is 0 Å². The van der Waals surface area contributed by atoms with Gasteiger partial charge in [0.1, 0.15) is 5.82 Å². The summed E-state index contributed by atoms with van der Waals surface area (Å²) in [6, 6.07) is 11.2. The molecule has 2 aromatic heterocycles. The highest BCUT2D eigenvalue weighted by molar-refractivity contribution is 5.94. The number of likely N-dealkylation sites (N-methyl/N-ethyl adjacent to an activating group) is 1. The highest BCUT2D eigenvalue weighted by Gasteiger charge is 2.11. The van der Waals surface area contributed by atoms with E-state index in [1.807, 2.05) is 36.4 Å². The molecule has 0 aliphatic heterocycles. The minimum absolute atomic E-state index is 0.0715. The first kappa shape index (κ1) is 24.0. The molecule has 3 aromatic rings. The van der Waals surface area contributed by atoms with Crippen molar-refractivity contribution in [3.05, 3.63) is 48.2 Å². The van der Waals surface area contributed by atoms with E-state index in [0.29, 0.717) is 43.5 Å². The van der Waals surface area contributed by atoms with Gasteiger partial charge in [-0.1, -0.05) is 26.0 Å². The van der Waals surface area contributed by atoms with E-state index < -0.39 is 0 Å². The fourth-order valence-corrected chi connectivity index (χ4v) is 3.21. The molecule has 33 heavy (non-hydrogen) atoms. The van der Waals surface area contributed by atoms with Crippen molar-refractivity contribution in [1.29, 1.82) is 0 Å². The lowest BCUT2D eigenvalue weighted by atomic mass is 10.1. The number of nitrogens with one attached hydrogen (secondary N) is 2. The Balaban J connectivity index is 1.66. The van der Waals surface area contributed by atoms with Gasteiger partial charge in [-0.25, -0.2) is 14.3 Å². The number of fused-ring (bicyclic) bond motifs is 1. The number of amides is 2. The van der Waals surface area contributed by atoms with Gasteiger partial charge in [-0.2, -0.15) is 0 Å². The number of aromatic nitrogens is 3. The zero-order valence-corrected chi connectivity index (χ0v) is 19.7. The lowest BCUT2D eigenvalue weighted by Gasteiger charge is -2.16. The Morgan fingerprint density at radius 3 is 2.58 bits per heavy atom. The first-order valence-electron chi connectivity index (χ1n) is 11.2. The number of hydrogen-bond acceptors (Lipinski definition) is 6. The van der Waals surface area contributed by atoms with Crippen LogP contribution in [-0.4, -0.2) is 64.8 Å². The van der Waals surface area contributed by atoms with Crippen LogP contribution in [0.5, 0.6) is 0 Å². The molecule has 3 rings (SSSR count). The highest BCUT2D eigenvalue weighted by Crippen LogP contribution is 2.21. The molecule has 0 atom stereocenters. The van der Waals surface area contributed by atoms with Crippen LogP contribution in [0.1, 0.15) is 37.6 Å². The Morgan fingerprint density at radius 1 is 1.12 bits per heavy atom. The lowest BCUT2D eigenvalue weighted by Crippen LogP contribution is -2.32. The molecule has 2 amide bonds. The topological polar surface area (TPSA) is 101 Å². The molecule has 0 saturated carbocycles. The molecule has 9 heteroatoms. The van der Waals surface area contributed by atoms with Gasteiger partial charge in [0, 0.05) is 37.8 Å². The van der Waals surface area contributed by atoms with Gasteiger partial charge in [-0.05, 0) is 43.5 Å². The highest BCUT2D eigenvalue weighted by atomic mass is 16.5. The normalized spacial score (nSPS) is 10.9. The van der Waals surface area contributed by atoms with Crippen molar-refractivity contribution >= 4 is 23.5 Å². The monoisotopic (exact) mass is 452 g/mol. The van der Waals surface area contributed by atoms with Crippen molar-refractivity contribution in [2.45, 2.75) is 27.2 Å². The van der Waals surface area contributed by atoms with E-state index >= 15 is 0 Å². The van der Waals surface area contributed by atoms with Crippen molar-refractivity contribution in [3.63, 3.8) is 0 Å². The third-order valence-electron chi connectivity index (χ3n) is 5.15. The summed E-state index contributed by atoms with van der Waals surface area (Å²) in [5.74, 6) is 1.14. The van der Waals surface area contributed by atoms with Crippen molar-refractivity contribution in [1.82, 2.24) is 24.8 Å². The van der Waals surface area contributed by atoms with Crippen molar-refractivity contribution in [3.8, 4) is 11.3 Å². The maximum atomic E-state index is 12.3. The minimum atomic E-state index is -0.350. The van der Waals surface area contributed by atoms with E-state index in [1.54, 1.807) is 24.7 Å². The average Bonchev–Trinajstić information content (AvgIpc) is 3.22. The largest absolute Gasteiger partial charge is 0.450 e. The molecule has 0 saturated heterocycles. The molecule has 9 nitrogen and oxygen atoms in total. The van der Waals surface area contributed by atoms with Crippen molar-refractivity contribution in [2.24, 2.45) is 5.92 Å². The number of carbonyl (C=O) groups excluding carboxylic acids is 2. The van der Waals surface area contributed by atoms with Gasteiger partial charge >= 0.3 is 6.09 Å². The predicted molar refractivity (Wildman–Crippen MR) is 128 cm³/mol. The Kier molecular flexibility index (Phi) is 8.23. The zero-order chi connectivity index (χ0) is 23.8. The number of anilines is 1. The number of benzene rings is 1. The Morgan fingerprint density at radius 2 is 1.88 bits per heavy atom. The molecule has 2 heterocycles. The van der Waals surface area contributed by atoms with Gasteiger partial charge in [0.25, 0.3) is 5.91 Å². The average molecular weight is 453 g/mol. The van der Waals surface area contributed by atoms with E-state index in [1.165, 1.54) is 4.90 Å². The van der Waals surface area contributed by atoms with Crippen LogP contribution in [-0.2, 0) is 4.74 Å².